The summed E-state index contributed by atoms with van der Waals surface area (Å²) < 4.78 is 4.43. The maximum absolute atomic E-state index is 10.6. The van der Waals surface area contributed by atoms with Crippen molar-refractivity contribution in [2.75, 3.05) is 6.61 Å². The van der Waals surface area contributed by atoms with Gasteiger partial charge < -0.3 is 20.1 Å². The highest BCUT2D eigenvalue weighted by Gasteiger charge is 2.15. The fourth-order valence-corrected chi connectivity index (χ4v) is 0.427. The van der Waals surface area contributed by atoms with Crippen molar-refractivity contribution in [1.29, 1.82) is 0 Å². The molecule has 3 N–H and O–H groups in total. The number of carbonyl (C=O) groups excluding carboxylic acids is 1. The maximum Gasteiger partial charge on any atom is 0.334 e. The SMILES string of the molecule is CC(O)C(=O)OCC(O)C(C)O. The highest BCUT2D eigenvalue weighted by molar-refractivity contribution is 5.73. The van der Waals surface area contributed by atoms with E-state index in [9.17, 15) is 4.79 Å². The summed E-state index contributed by atoms with van der Waals surface area (Å²) in [5, 5.41) is 26.4. The molecule has 0 saturated heterocycles. The normalized spacial score (nSPS) is 18.1. The molecule has 3 unspecified atom stereocenters. The summed E-state index contributed by atoms with van der Waals surface area (Å²) in [5.41, 5.74) is 0. The van der Waals surface area contributed by atoms with E-state index in [-0.39, 0.29) is 6.61 Å². The van der Waals surface area contributed by atoms with E-state index in [2.05, 4.69) is 4.74 Å². The molecule has 5 nitrogen and oxygen atoms in total. The van der Waals surface area contributed by atoms with Crippen LogP contribution in [0.25, 0.3) is 0 Å². The first-order valence-corrected chi connectivity index (χ1v) is 3.66. The van der Waals surface area contributed by atoms with Gasteiger partial charge in [0.05, 0.1) is 6.10 Å². The van der Waals surface area contributed by atoms with Gasteiger partial charge in [-0.05, 0) is 13.8 Å². The van der Waals surface area contributed by atoms with E-state index in [1.165, 1.54) is 13.8 Å². The molecular formula is C7H14O5. The Balaban J connectivity index is 3.61. The van der Waals surface area contributed by atoms with Gasteiger partial charge in [0, 0.05) is 0 Å². The Labute approximate surface area is 70.6 Å². The lowest BCUT2D eigenvalue weighted by molar-refractivity contribution is -0.157. The van der Waals surface area contributed by atoms with Gasteiger partial charge in [-0.3, -0.25) is 0 Å². The average molecular weight is 178 g/mol. The first-order valence-electron chi connectivity index (χ1n) is 3.66. The molecule has 0 saturated carbocycles. The first-order chi connectivity index (χ1) is 5.45. The fraction of sp³-hybridized carbons (Fsp3) is 0.857. The molecule has 0 bridgehead atoms. The largest absolute Gasteiger partial charge is 0.461 e. The molecule has 0 fully saturated rings. The van der Waals surface area contributed by atoms with Crippen LogP contribution in [0.1, 0.15) is 13.8 Å². The Morgan fingerprint density at radius 2 is 1.83 bits per heavy atom. The van der Waals surface area contributed by atoms with E-state index in [0.717, 1.165) is 0 Å². The Morgan fingerprint density at radius 1 is 1.33 bits per heavy atom. The molecule has 0 aromatic heterocycles. The molecule has 72 valence electrons. The van der Waals surface area contributed by atoms with Crippen LogP contribution in [0.4, 0.5) is 0 Å². The number of esters is 1. The number of carbonyl (C=O) groups is 1. The van der Waals surface area contributed by atoms with Gasteiger partial charge in [-0.25, -0.2) is 4.79 Å². The van der Waals surface area contributed by atoms with Gasteiger partial charge in [0.2, 0.25) is 0 Å². The Morgan fingerprint density at radius 3 is 2.17 bits per heavy atom. The summed E-state index contributed by atoms with van der Waals surface area (Å²) in [5.74, 6) is -0.810. The molecule has 0 radical (unpaired) electrons. The lowest BCUT2D eigenvalue weighted by Gasteiger charge is -2.14. The predicted molar refractivity (Wildman–Crippen MR) is 40.3 cm³/mol. The monoisotopic (exact) mass is 178 g/mol. The molecule has 3 atom stereocenters. The zero-order valence-electron chi connectivity index (χ0n) is 7.10. The van der Waals surface area contributed by atoms with Crippen LogP contribution >= 0.6 is 0 Å². The second kappa shape index (κ2) is 5.08. The van der Waals surface area contributed by atoms with Crippen molar-refractivity contribution in [2.24, 2.45) is 0 Å². The molecule has 0 spiro atoms. The van der Waals surface area contributed by atoms with Crippen molar-refractivity contribution < 1.29 is 24.9 Å². The van der Waals surface area contributed by atoms with Crippen LogP contribution in [0, 0.1) is 0 Å². The van der Waals surface area contributed by atoms with E-state index < -0.39 is 24.3 Å². The second-order valence-corrected chi connectivity index (χ2v) is 2.61. The number of hydrogen-bond acceptors (Lipinski definition) is 5. The quantitative estimate of drug-likeness (QED) is 0.463. The van der Waals surface area contributed by atoms with Crippen molar-refractivity contribution in [1.82, 2.24) is 0 Å². The Hall–Kier alpha value is -0.650. The number of ether oxygens (including phenoxy) is 1. The molecule has 0 aromatic rings. The van der Waals surface area contributed by atoms with Gasteiger partial charge in [0.25, 0.3) is 0 Å². The van der Waals surface area contributed by atoms with Crippen LogP contribution < -0.4 is 0 Å². The summed E-state index contributed by atoms with van der Waals surface area (Å²) in [7, 11) is 0. The highest BCUT2D eigenvalue weighted by Crippen LogP contribution is 1.95. The Bertz CT molecular complexity index is 143. The molecule has 0 aliphatic rings. The van der Waals surface area contributed by atoms with E-state index in [4.69, 9.17) is 15.3 Å². The molecule has 0 aliphatic heterocycles. The third-order valence-electron chi connectivity index (χ3n) is 1.29. The topological polar surface area (TPSA) is 87.0 Å². The van der Waals surface area contributed by atoms with Gasteiger partial charge in [0.15, 0.2) is 0 Å². The minimum atomic E-state index is -1.20. The predicted octanol–water partition coefficient (Wildman–Crippen LogP) is -1.35. The van der Waals surface area contributed by atoms with E-state index in [1.807, 2.05) is 0 Å². The van der Waals surface area contributed by atoms with Crippen LogP contribution in [0.15, 0.2) is 0 Å². The van der Waals surface area contributed by atoms with Crippen molar-refractivity contribution in [2.45, 2.75) is 32.2 Å². The second-order valence-electron chi connectivity index (χ2n) is 2.61. The van der Waals surface area contributed by atoms with Gasteiger partial charge in [-0.2, -0.15) is 0 Å². The third kappa shape index (κ3) is 4.27. The first kappa shape index (κ1) is 11.4. The molecule has 0 heterocycles. The lowest BCUT2D eigenvalue weighted by Crippen LogP contribution is -2.31. The maximum atomic E-state index is 10.6. The zero-order chi connectivity index (χ0) is 9.72. The molecule has 0 amide bonds. The number of hydrogen-bond donors (Lipinski definition) is 3. The van der Waals surface area contributed by atoms with Gasteiger partial charge in [0.1, 0.15) is 18.8 Å². The van der Waals surface area contributed by atoms with Crippen LogP contribution in [0.5, 0.6) is 0 Å². The lowest BCUT2D eigenvalue weighted by atomic mass is 10.2. The summed E-state index contributed by atoms with van der Waals surface area (Å²) >= 11 is 0. The van der Waals surface area contributed by atoms with Gasteiger partial charge >= 0.3 is 5.97 Å². The van der Waals surface area contributed by atoms with Crippen molar-refractivity contribution in [3.8, 4) is 0 Å². The minimum absolute atomic E-state index is 0.304. The van der Waals surface area contributed by atoms with Gasteiger partial charge in [-0.15, -0.1) is 0 Å². The third-order valence-corrected chi connectivity index (χ3v) is 1.29. The summed E-state index contributed by atoms with van der Waals surface area (Å²) in [6.45, 7) is 2.33. The minimum Gasteiger partial charge on any atom is -0.461 e. The van der Waals surface area contributed by atoms with Crippen LogP contribution in [0.2, 0.25) is 0 Å². The summed E-state index contributed by atoms with van der Waals surface area (Å²) in [4.78, 5) is 10.6. The zero-order valence-corrected chi connectivity index (χ0v) is 7.10. The highest BCUT2D eigenvalue weighted by atomic mass is 16.6. The van der Waals surface area contributed by atoms with Crippen molar-refractivity contribution >= 4 is 5.97 Å². The molecule has 0 aliphatic carbocycles. The molecule has 5 heteroatoms. The van der Waals surface area contributed by atoms with Crippen molar-refractivity contribution in [3.63, 3.8) is 0 Å². The van der Waals surface area contributed by atoms with Crippen molar-refractivity contribution in [3.05, 3.63) is 0 Å². The van der Waals surface area contributed by atoms with Crippen LogP contribution in [0.3, 0.4) is 0 Å². The van der Waals surface area contributed by atoms with E-state index >= 15 is 0 Å². The van der Waals surface area contributed by atoms with E-state index in [0.29, 0.717) is 0 Å². The summed E-state index contributed by atoms with van der Waals surface area (Å²) in [6.07, 6.45) is -3.26. The molecular weight excluding hydrogens is 164 g/mol. The standard InChI is InChI=1S/C7H14O5/c1-4(8)6(10)3-12-7(11)5(2)9/h4-6,8-10H,3H2,1-2H3. The number of aliphatic hydroxyl groups is 3. The fourth-order valence-electron chi connectivity index (χ4n) is 0.427. The molecule has 0 aromatic carbocycles. The van der Waals surface area contributed by atoms with Crippen LogP contribution in [-0.4, -0.2) is 46.2 Å². The number of rotatable bonds is 4. The molecule has 12 heavy (non-hydrogen) atoms. The van der Waals surface area contributed by atoms with Gasteiger partial charge in [-0.1, -0.05) is 0 Å². The Kier molecular flexibility index (Phi) is 4.80. The van der Waals surface area contributed by atoms with Crippen LogP contribution in [-0.2, 0) is 9.53 Å². The number of aliphatic hydroxyl groups excluding tert-OH is 3. The average Bonchev–Trinajstić information content (AvgIpc) is 1.98. The summed E-state index contributed by atoms with van der Waals surface area (Å²) in [6, 6.07) is 0. The molecule has 0 rings (SSSR count). The smallest absolute Gasteiger partial charge is 0.334 e. The van der Waals surface area contributed by atoms with E-state index in [1.54, 1.807) is 0 Å².